The van der Waals surface area contributed by atoms with Crippen LogP contribution in [0.25, 0.3) is 0 Å². The first-order valence-electron chi connectivity index (χ1n) is 10.8. The van der Waals surface area contributed by atoms with E-state index in [9.17, 15) is 29.1 Å². The number of hydrogen-bond donors (Lipinski definition) is 7. The van der Waals surface area contributed by atoms with Crippen LogP contribution in [0.1, 0.15) is 25.3 Å². The van der Waals surface area contributed by atoms with E-state index < -0.39 is 66.4 Å². The van der Waals surface area contributed by atoms with Crippen LogP contribution in [0, 0.1) is 0 Å². The zero-order valence-electron chi connectivity index (χ0n) is 19.5. The highest BCUT2D eigenvalue weighted by atomic mass is 32.2. The van der Waals surface area contributed by atoms with E-state index in [0.29, 0.717) is 5.75 Å². The normalized spacial score (nSPS) is 15.1. The molecule has 5 atom stereocenters. The predicted molar refractivity (Wildman–Crippen MR) is 128 cm³/mol. The Balaban J connectivity index is 2.90. The summed E-state index contributed by atoms with van der Waals surface area (Å²) < 4.78 is 0. The highest BCUT2D eigenvalue weighted by Crippen LogP contribution is 2.06. The number of aliphatic carboxylic acids is 2. The van der Waals surface area contributed by atoms with Crippen molar-refractivity contribution in [1.29, 1.82) is 0 Å². The zero-order chi connectivity index (χ0) is 26.5. The second-order valence-electron chi connectivity index (χ2n) is 7.86. The van der Waals surface area contributed by atoms with Crippen molar-refractivity contribution in [2.45, 2.75) is 56.5 Å². The fraction of sp³-hybridized carbons (Fsp3) is 0.500. The molecular weight excluding hydrogens is 480 g/mol. The van der Waals surface area contributed by atoms with Gasteiger partial charge in [-0.2, -0.15) is 11.8 Å². The van der Waals surface area contributed by atoms with Crippen LogP contribution in [0.3, 0.4) is 0 Å². The first kappa shape index (κ1) is 29.9. The molecule has 1 aromatic carbocycles. The first-order chi connectivity index (χ1) is 16.5. The Labute approximate surface area is 207 Å². The lowest BCUT2D eigenvalue weighted by Crippen LogP contribution is -2.60. The molecule has 0 aliphatic rings. The lowest BCUT2D eigenvalue weighted by molar-refractivity contribution is -0.147. The van der Waals surface area contributed by atoms with Crippen LogP contribution in [0.5, 0.6) is 0 Å². The third-order valence-electron chi connectivity index (χ3n) is 4.93. The quantitative estimate of drug-likeness (QED) is 0.148. The minimum atomic E-state index is -1.70. The summed E-state index contributed by atoms with van der Waals surface area (Å²) in [5, 5.41) is 35.0. The highest BCUT2D eigenvalue weighted by Gasteiger charge is 2.32. The van der Waals surface area contributed by atoms with Crippen molar-refractivity contribution in [3.8, 4) is 0 Å². The van der Waals surface area contributed by atoms with Gasteiger partial charge < -0.3 is 37.0 Å². The number of hydrogen-bond acceptors (Lipinski definition) is 8. The summed E-state index contributed by atoms with van der Waals surface area (Å²) in [6.07, 6.45) is -0.151. The maximum absolute atomic E-state index is 12.9. The van der Waals surface area contributed by atoms with E-state index in [4.69, 9.17) is 15.9 Å². The second-order valence-corrected chi connectivity index (χ2v) is 8.85. The Bertz CT molecular complexity index is 883. The number of carboxylic acid groups (broad SMARTS) is 2. The van der Waals surface area contributed by atoms with Crippen molar-refractivity contribution in [3.63, 3.8) is 0 Å². The number of thioether (sulfide) groups is 1. The number of carbonyl (C=O) groups excluding carboxylic acids is 3. The molecule has 0 saturated carbocycles. The molecular formula is C22H32N4O8S. The maximum atomic E-state index is 12.9. The summed E-state index contributed by atoms with van der Waals surface area (Å²) in [5.74, 6) is -5.04. The molecule has 0 aliphatic heterocycles. The van der Waals surface area contributed by atoms with Crippen LogP contribution < -0.4 is 21.7 Å². The fourth-order valence-corrected chi connectivity index (χ4v) is 3.51. The van der Waals surface area contributed by atoms with Gasteiger partial charge in [0.05, 0.1) is 18.6 Å². The van der Waals surface area contributed by atoms with Crippen molar-refractivity contribution >= 4 is 41.4 Å². The van der Waals surface area contributed by atoms with Gasteiger partial charge in [-0.25, -0.2) is 4.79 Å². The SMILES string of the molecule is CSCCC(NC(=O)C(NC(=O)C(N)Cc1ccccc1)C(C)O)C(=O)NC(CC(=O)O)C(=O)O. The summed E-state index contributed by atoms with van der Waals surface area (Å²) in [7, 11) is 0. The van der Waals surface area contributed by atoms with E-state index >= 15 is 0 Å². The van der Waals surface area contributed by atoms with Gasteiger partial charge in [-0.1, -0.05) is 30.3 Å². The lowest BCUT2D eigenvalue weighted by atomic mass is 10.0. The summed E-state index contributed by atoms with van der Waals surface area (Å²) in [6.45, 7) is 1.28. The van der Waals surface area contributed by atoms with Gasteiger partial charge in [0.15, 0.2) is 0 Å². The molecule has 1 aromatic rings. The molecule has 8 N–H and O–H groups in total. The molecule has 3 amide bonds. The Kier molecular flexibility index (Phi) is 12.8. The molecule has 35 heavy (non-hydrogen) atoms. The zero-order valence-corrected chi connectivity index (χ0v) is 20.3. The van der Waals surface area contributed by atoms with Crippen LogP contribution in [-0.4, -0.2) is 87.3 Å². The molecule has 0 radical (unpaired) electrons. The van der Waals surface area contributed by atoms with Gasteiger partial charge in [0.2, 0.25) is 17.7 Å². The standard InChI is InChI=1S/C22H32N4O8S/c1-12(27)18(26-19(30)14(23)10-13-6-4-3-5-7-13)21(32)24-15(8-9-35-2)20(31)25-16(22(33)34)11-17(28)29/h3-7,12,14-16,18,27H,8-11,23H2,1-2H3,(H,24,32)(H,25,31)(H,26,30)(H,28,29)(H,33,34). The summed E-state index contributed by atoms with van der Waals surface area (Å²) in [5.41, 5.74) is 6.74. The number of rotatable bonds is 15. The van der Waals surface area contributed by atoms with Crippen LogP contribution in [-0.2, 0) is 30.4 Å². The van der Waals surface area contributed by atoms with Crippen molar-refractivity contribution in [2.75, 3.05) is 12.0 Å². The van der Waals surface area contributed by atoms with Gasteiger partial charge in [0.1, 0.15) is 18.1 Å². The third kappa shape index (κ3) is 10.8. The Morgan fingerprint density at radius 1 is 0.943 bits per heavy atom. The molecule has 13 heteroatoms. The number of nitrogens with two attached hydrogens (primary N) is 1. The average molecular weight is 513 g/mol. The van der Waals surface area contributed by atoms with Crippen molar-refractivity contribution in [3.05, 3.63) is 35.9 Å². The van der Waals surface area contributed by atoms with Crippen molar-refractivity contribution < 1.29 is 39.3 Å². The third-order valence-corrected chi connectivity index (χ3v) is 5.58. The summed E-state index contributed by atoms with van der Waals surface area (Å²) in [4.78, 5) is 60.2. The Hall–Kier alpha value is -3.16. The van der Waals surface area contributed by atoms with Gasteiger partial charge >= 0.3 is 11.9 Å². The monoisotopic (exact) mass is 512 g/mol. The molecule has 0 fully saturated rings. The molecule has 0 heterocycles. The number of amides is 3. The van der Waals surface area contributed by atoms with Gasteiger partial charge in [-0.15, -0.1) is 0 Å². The van der Waals surface area contributed by atoms with Crippen LogP contribution in [0.15, 0.2) is 30.3 Å². The molecule has 5 unspecified atom stereocenters. The molecule has 12 nitrogen and oxygen atoms in total. The molecule has 0 bridgehead atoms. The minimum Gasteiger partial charge on any atom is -0.481 e. The molecule has 0 saturated heterocycles. The topological polar surface area (TPSA) is 208 Å². The lowest BCUT2D eigenvalue weighted by Gasteiger charge is -2.26. The van der Waals surface area contributed by atoms with Crippen LogP contribution in [0.2, 0.25) is 0 Å². The van der Waals surface area contributed by atoms with Gasteiger partial charge in [-0.3, -0.25) is 19.2 Å². The van der Waals surface area contributed by atoms with Crippen molar-refractivity contribution in [1.82, 2.24) is 16.0 Å². The van der Waals surface area contributed by atoms with Crippen molar-refractivity contribution in [2.24, 2.45) is 5.73 Å². The number of carboxylic acids is 2. The van der Waals surface area contributed by atoms with E-state index in [1.165, 1.54) is 18.7 Å². The van der Waals surface area contributed by atoms with E-state index in [1.54, 1.807) is 30.5 Å². The number of benzene rings is 1. The summed E-state index contributed by atoms with van der Waals surface area (Å²) in [6, 6.07) is 3.59. The minimum absolute atomic E-state index is 0.0894. The van der Waals surface area contributed by atoms with E-state index in [0.717, 1.165) is 5.56 Å². The number of nitrogens with one attached hydrogen (secondary N) is 3. The molecule has 0 spiro atoms. The van der Waals surface area contributed by atoms with Gasteiger partial charge in [0.25, 0.3) is 0 Å². The number of aliphatic hydroxyl groups is 1. The number of carbonyl (C=O) groups is 5. The van der Waals surface area contributed by atoms with E-state index in [2.05, 4.69) is 16.0 Å². The largest absolute Gasteiger partial charge is 0.481 e. The first-order valence-corrected chi connectivity index (χ1v) is 12.2. The molecule has 194 valence electrons. The smallest absolute Gasteiger partial charge is 0.326 e. The van der Waals surface area contributed by atoms with Crippen LogP contribution >= 0.6 is 11.8 Å². The predicted octanol–water partition coefficient (Wildman–Crippen LogP) is -1.30. The second kappa shape index (κ2) is 15.0. The highest BCUT2D eigenvalue weighted by molar-refractivity contribution is 7.98. The van der Waals surface area contributed by atoms with Crippen LogP contribution in [0.4, 0.5) is 0 Å². The molecule has 0 aromatic heterocycles. The maximum Gasteiger partial charge on any atom is 0.326 e. The summed E-state index contributed by atoms with van der Waals surface area (Å²) >= 11 is 1.36. The van der Waals surface area contributed by atoms with E-state index in [1.807, 2.05) is 6.07 Å². The van der Waals surface area contributed by atoms with E-state index in [-0.39, 0.29) is 12.8 Å². The molecule has 1 rings (SSSR count). The average Bonchev–Trinajstić information content (AvgIpc) is 2.79. The Morgan fingerprint density at radius 3 is 2.06 bits per heavy atom. The molecule has 0 aliphatic carbocycles. The Morgan fingerprint density at radius 2 is 1.54 bits per heavy atom. The number of aliphatic hydroxyl groups excluding tert-OH is 1. The van der Waals surface area contributed by atoms with Gasteiger partial charge in [0, 0.05) is 0 Å². The van der Waals surface area contributed by atoms with Gasteiger partial charge in [-0.05, 0) is 37.3 Å². The fourth-order valence-electron chi connectivity index (χ4n) is 3.04.